The van der Waals surface area contributed by atoms with Crippen LogP contribution in [0.2, 0.25) is 0 Å². The number of ether oxygens (including phenoxy) is 2. The molecule has 0 radical (unpaired) electrons. The van der Waals surface area contributed by atoms with Crippen LogP contribution in [0.5, 0.6) is 0 Å². The fourth-order valence-corrected chi connectivity index (χ4v) is 13.8. The van der Waals surface area contributed by atoms with E-state index in [0.717, 1.165) is 57.3 Å². The molecule has 5 fully saturated rings. The lowest BCUT2D eigenvalue weighted by Crippen LogP contribution is -2.50. The summed E-state index contributed by atoms with van der Waals surface area (Å²) in [6.45, 7) is 20.8. The highest BCUT2D eigenvalue weighted by Gasteiger charge is 2.67. The van der Waals surface area contributed by atoms with Gasteiger partial charge in [0.1, 0.15) is 0 Å². The van der Waals surface area contributed by atoms with Crippen LogP contribution >= 0.6 is 24.2 Å². The van der Waals surface area contributed by atoms with Crippen LogP contribution in [-0.4, -0.2) is 60.3 Å². The van der Waals surface area contributed by atoms with Gasteiger partial charge in [-0.2, -0.15) is 0 Å². The van der Waals surface area contributed by atoms with Crippen LogP contribution in [0.15, 0.2) is 70.0 Å². The minimum Gasteiger partial charge on any atom is -0.393 e. The van der Waals surface area contributed by atoms with Gasteiger partial charge in [0.2, 0.25) is 0 Å². The molecule has 9 rings (SSSR count). The minimum absolute atomic E-state index is 0. The molecule has 2 aromatic carbocycles. The first-order chi connectivity index (χ1) is 25.0. The maximum absolute atomic E-state index is 10.3. The summed E-state index contributed by atoms with van der Waals surface area (Å²) in [6, 6.07) is 18.0. The summed E-state index contributed by atoms with van der Waals surface area (Å²) in [5.41, 5.74) is 5.14. The Kier molecular flexibility index (Phi) is 11.5. The number of anilines is 2. The Morgan fingerprint density at radius 2 is 1.60 bits per heavy atom. The van der Waals surface area contributed by atoms with Crippen LogP contribution in [0.4, 0.5) is 11.4 Å². The molecular weight excluding hydrogens is 696 g/mol. The second kappa shape index (κ2) is 15.4. The maximum atomic E-state index is 10.3. The number of fused-ring (bicyclic) bond motifs is 9. The second-order valence-electron chi connectivity index (χ2n) is 18.4. The Balaban J connectivity index is 0.000000169. The highest BCUT2D eigenvalue weighted by molar-refractivity contribution is 7.99. The Labute approximate surface area is 331 Å². The van der Waals surface area contributed by atoms with Gasteiger partial charge in [-0.1, -0.05) is 89.2 Å². The van der Waals surface area contributed by atoms with E-state index >= 15 is 0 Å². The van der Waals surface area contributed by atoms with Crippen molar-refractivity contribution >= 4 is 35.5 Å². The van der Waals surface area contributed by atoms with Gasteiger partial charge in [-0.3, -0.25) is 4.90 Å². The van der Waals surface area contributed by atoms with E-state index in [0.29, 0.717) is 46.6 Å². The number of hydrogen-bond donors (Lipinski definition) is 1. The van der Waals surface area contributed by atoms with Crippen molar-refractivity contribution in [2.45, 2.75) is 140 Å². The first kappa shape index (κ1) is 39.7. The maximum Gasteiger partial charge on any atom is 0.171 e. The zero-order valence-corrected chi connectivity index (χ0v) is 35.2. The predicted molar refractivity (Wildman–Crippen MR) is 221 cm³/mol. The summed E-state index contributed by atoms with van der Waals surface area (Å²) in [7, 11) is 0. The van der Waals surface area contributed by atoms with Crippen molar-refractivity contribution in [1.82, 2.24) is 4.90 Å². The number of benzene rings is 2. The second-order valence-corrected chi connectivity index (χ2v) is 19.5. The smallest absolute Gasteiger partial charge is 0.171 e. The fraction of sp³-hybridized carbons (Fsp3) is 0.696. The summed E-state index contributed by atoms with van der Waals surface area (Å²) in [5, 5.41) is 10.3. The molecule has 292 valence electrons. The monoisotopic (exact) mass is 762 g/mol. The van der Waals surface area contributed by atoms with Crippen LogP contribution in [-0.2, 0) is 9.47 Å². The van der Waals surface area contributed by atoms with Gasteiger partial charge in [0.25, 0.3) is 0 Å². The average Bonchev–Trinajstić information content (AvgIpc) is 3.59. The van der Waals surface area contributed by atoms with Gasteiger partial charge in [0.15, 0.2) is 5.79 Å². The van der Waals surface area contributed by atoms with Crippen molar-refractivity contribution in [2.75, 3.05) is 31.1 Å². The first-order valence-corrected chi connectivity index (χ1v) is 21.9. The Morgan fingerprint density at radius 1 is 0.925 bits per heavy atom. The van der Waals surface area contributed by atoms with E-state index in [1.165, 1.54) is 59.7 Å². The largest absolute Gasteiger partial charge is 0.393 e. The summed E-state index contributed by atoms with van der Waals surface area (Å²) in [5.74, 6) is 3.68. The average molecular weight is 764 g/mol. The van der Waals surface area contributed by atoms with Crippen LogP contribution in [0.3, 0.4) is 0 Å². The van der Waals surface area contributed by atoms with E-state index in [2.05, 4.69) is 113 Å². The van der Waals surface area contributed by atoms with Crippen molar-refractivity contribution in [2.24, 2.45) is 46.3 Å². The molecular formula is C46H67ClN2O3S. The molecule has 12 unspecified atom stereocenters. The van der Waals surface area contributed by atoms with E-state index in [-0.39, 0.29) is 24.3 Å². The Hall–Kier alpha value is -1.54. The SMILES string of the molecule is CC1CCC2(OC1)OC1CC3C4CCC5CC(O)CCC5(C)C4=CCC3(C)C1C2C.CCN(CC)C(C)CN1c2ccccc2Sc2ccccc21.Cl. The van der Waals surface area contributed by atoms with Gasteiger partial charge in [-0.25, -0.2) is 0 Å². The molecule has 2 saturated heterocycles. The molecule has 1 spiro atoms. The van der Waals surface area contributed by atoms with Gasteiger partial charge >= 0.3 is 0 Å². The van der Waals surface area contributed by atoms with Crippen molar-refractivity contribution in [3.05, 3.63) is 60.2 Å². The number of likely N-dealkylation sites (N-methyl/N-ethyl adjacent to an activating group) is 1. The molecule has 4 aliphatic carbocycles. The Bertz CT molecular complexity index is 1580. The van der Waals surface area contributed by atoms with Crippen LogP contribution in [0.1, 0.15) is 106 Å². The molecule has 7 aliphatic rings. The summed E-state index contributed by atoms with van der Waals surface area (Å²) < 4.78 is 13.3. The molecule has 3 heterocycles. The number of allylic oxidation sites excluding steroid dienone is 2. The van der Waals surface area contributed by atoms with Crippen molar-refractivity contribution in [3.63, 3.8) is 0 Å². The number of para-hydroxylation sites is 2. The summed E-state index contributed by atoms with van der Waals surface area (Å²) >= 11 is 1.88. The van der Waals surface area contributed by atoms with Gasteiger partial charge in [0, 0.05) is 34.7 Å². The lowest BCUT2D eigenvalue weighted by Gasteiger charge is -2.57. The predicted octanol–water partition coefficient (Wildman–Crippen LogP) is 11.2. The van der Waals surface area contributed by atoms with E-state index in [1.807, 2.05) is 11.8 Å². The fourth-order valence-electron chi connectivity index (χ4n) is 12.7. The molecule has 0 amide bonds. The Morgan fingerprint density at radius 3 is 2.25 bits per heavy atom. The number of hydrogen-bond acceptors (Lipinski definition) is 6. The molecule has 3 saturated carbocycles. The van der Waals surface area contributed by atoms with E-state index < -0.39 is 0 Å². The number of aliphatic hydroxyl groups excluding tert-OH is 1. The van der Waals surface area contributed by atoms with Crippen LogP contribution in [0, 0.1) is 46.3 Å². The molecule has 0 aromatic heterocycles. The molecule has 3 aliphatic heterocycles. The van der Waals surface area contributed by atoms with E-state index in [4.69, 9.17) is 9.47 Å². The third-order valence-electron chi connectivity index (χ3n) is 15.7. The zero-order chi connectivity index (χ0) is 36.4. The van der Waals surface area contributed by atoms with Crippen LogP contribution < -0.4 is 4.90 Å². The zero-order valence-electron chi connectivity index (χ0n) is 33.6. The number of halogens is 1. The van der Waals surface area contributed by atoms with Crippen molar-refractivity contribution in [1.29, 1.82) is 0 Å². The third-order valence-corrected chi connectivity index (χ3v) is 16.8. The van der Waals surface area contributed by atoms with E-state index in [1.54, 1.807) is 5.57 Å². The van der Waals surface area contributed by atoms with Crippen LogP contribution in [0.25, 0.3) is 0 Å². The molecule has 2 aromatic rings. The lowest BCUT2D eigenvalue weighted by molar-refractivity contribution is -0.272. The molecule has 0 bridgehead atoms. The molecule has 7 heteroatoms. The van der Waals surface area contributed by atoms with Gasteiger partial charge in [-0.15, -0.1) is 12.4 Å². The van der Waals surface area contributed by atoms with Crippen molar-refractivity contribution < 1.29 is 14.6 Å². The molecule has 5 nitrogen and oxygen atoms in total. The molecule has 12 atom stereocenters. The van der Waals surface area contributed by atoms with E-state index in [9.17, 15) is 5.11 Å². The topological polar surface area (TPSA) is 45.2 Å². The summed E-state index contributed by atoms with van der Waals surface area (Å²) in [4.78, 5) is 7.72. The van der Waals surface area contributed by atoms with Gasteiger partial charge in [0.05, 0.1) is 30.2 Å². The summed E-state index contributed by atoms with van der Waals surface area (Å²) in [6.07, 6.45) is 13.6. The standard InChI is InChI=1S/C27H42O3.C19H24N2S.ClH/c1-16-7-12-27(29-15-16)17(2)24-23(30-27)14-22-20-6-5-18-13-19(28)8-10-25(18,3)21(20)9-11-26(22,24)4;1-4-20(5-2)15(3)14-21-16-10-6-8-12-18(16)22-19-13-9-7-11-17(19)21;/h9,16-20,22-24,28H,5-8,10-15H2,1-4H3;6-13,15H,4-5,14H2,1-3H3;1H. The van der Waals surface area contributed by atoms with Crippen molar-refractivity contribution in [3.8, 4) is 0 Å². The van der Waals surface area contributed by atoms with Gasteiger partial charge < -0.3 is 19.5 Å². The third kappa shape index (κ3) is 6.75. The quantitative estimate of drug-likeness (QED) is 0.306. The normalized spacial score (nSPS) is 39.9. The number of rotatable bonds is 5. The highest BCUT2D eigenvalue weighted by atomic mass is 35.5. The molecule has 1 N–H and O–H groups in total. The highest BCUT2D eigenvalue weighted by Crippen LogP contribution is 2.70. The lowest BCUT2D eigenvalue weighted by atomic mass is 9.48. The number of aliphatic hydroxyl groups is 1. The number of nitrogens with zero attached hydrogens (tertiary/aromatic N) is 2. The van der Waals surface area contributed by atoms with Gasteiger partial charge in [-0.05, 0) is 136 Å². The first-order valence-electron chi connectivity index (χ1n) is 21.1. The molecule has 53 heavy (non-hydrogen) atoms. The minimum atomic E-state index is -0.303.